The lowest BCUT2D eigenvalue weighted by atomic mass is 10.1. The quantitative estimate of drug-likeness (QED) is 0.662. The number of rotatable bonds is 5. The second kappa shape index (κ2) is 6.90. The lowest BCUT2D eigenvalue weighted by Gasteiger charge is -2.09. The number of nitrogens with zero attached hydrogens (tertiary/aromatic N) is 4. The number of hydrogen-bond acceptors (Lipinski definition) is 5. The van der Waals surface area contributed by atoms with E-state index in [0.29, 0.717) is 5.16 Å². The maximum absolute atomic E-state index is 11.6. The molecule has 0 bridgehead atoms. The van der Waals surface area contributed by atoms with Crippen LogP contribution < -0.4 is 5.32 Å². The van der Waals surface area contributed by atoms with E-state index in [1.165, 1.54) is 11.8 Å². The number of tetrazole rings is 1. The van der Waals surface area contributed by atoms with Gasteiger partial charge in [-0.2, -0.15) is 4.68 Å². The summed E-state index contributed by atoms with van der Waals surface area (Å²) >= 11 is 1.27. The molecule has 1 amide bonds. The molecule has 108 valence electrons. The average molecular weight is 301 g/mol. The number of carbonyl (C=O) groups is 1. The second-order valence-corrected chi connectivity index (χ2v) is 5.30. The van der Waals surface area contributed by atoms with Gasteiger partial charge in [0.2, 0.25) is 11.1 Å². The van der Waals surface area contributed by atoms with Crippen molar-refractivity contribution in [3.8, 4) is 18.0 Å². The molecule has 0 aliphatic carbocycles. The summed E-state index contributed by atoms with van der Waals surface area (Å²) in [6, 6.07) is 5.93. The Balaban J connectivity index is 2.14. The number of thioether (sulfide) groups is 1. The summed E-state index contributed by atoms with van der Waals surface area (Å²) in [5, 5.41) is 14.8. The predicted octanol–water partition coefficient (Wildman–Crippen LogP) is 1.12. The van der Waals surface area contributed by atoms with Crippen LogP contribution in [0.5, 0.6) is 0 Å². The highest BCUT2D eigenvalue weighted by Gasteiger charge is 2.13. The lowest BCUT2D eigenvalue weighted by molar-refractivity contribution is -0.118. The molecule has 7 heteroatoms. The zero-order chi connectivity index (χ0) is 15.2. The summed E-state index contributed by atoms with van der Waals surface area (Å²) in [4.78, 5) is 11.6. The Hall–Kier alpha value is -2.33. The van der Waals surface area contributed by atoms with Gasteiger partial charge >= 0.3 is 0 Å². The molecule has 1 N–H and O–H groups in total. The number of amides is 1. The summed E-state index contributed by atoms with van der Waals surface area (Å²) in [5.41, 5.74) is 3.17. The first-order valence-corrected chi connectivity index (χ1v) is 7.30. The van der Waals surface area contributed by atoms with Gasteiger partial charge in [-0.3, -0.25) is 4.79 Å². The van der Waals surface area contributed by atoms with E-state index in [1.54, 1.807) is 4.68 Å². The van der Waals surface area contributed by atoms with Crippen molar-refractivity contribution in [2.24, 2.45) is 0 Å². The van der Waals surface area contributed by atoms with Crippen LogP contribution in [0.4, 0.5) is 0 Å². The summed E-state index contributed by atoms with van der Waals surface area (Å²) in [7, 11) is 0. The fourth-order valence-electron chi connectivity index (χ4n) is 1.72. The Morgan fingerprint density at radius 2 is 2.29 bits per heavy atom. The highest BCUT2D eigenvalue weighted by molar-refractivity contribution is 7.99. The molecule has 0 spiro atoms. The number of aryl methyl sites for hydroxylation is 1. The molecule has 1 aromatic heterocycles. The Labute approximate surface area is 127 Å². The van der Waals surface area contributed by atoms with E-state index in [-0.39, 0.29) is 18.2 Å². The third-order valence-electron chi connectivity index (χ3n) is 2.97. The van der Waals surface area contributed by atoms with Gasteiger partial charge in [-0.15, -0.1) is 11.5 Å². The van der Waals surface area contributed by atoms with E-state index in [2.05, 4.69) is 26.8 Å². The molecule has 2 rings (SSSR count). The number of benzene rings is 1. The Morgan fingerprint density at radius 3 is 3.05 bits per heavy atom. The van der Waals surface area contributed by atoms with Gasteiger partial charge in [-0.25, -0.2) is 0 Å². The molecular weight excluding hydrogens is 286 g/mol. The molecule has 0 radical (unpaired) electrons. The fourth-order valence-corrected chi connectivity index (χ4v) is 2.43. The van der Waals surface area contributed by atoms with E-state index < -0.39 is 0 Å². The fraction of sp³-hybridized carbons (Fsp3) is 0.286. The van der Waals surface area contributed by atoms with Crippen molar-refractivity contribution in [2.75, 3.05) is 12.3 Å². The smallest absolute Gasteiger partial charge is 0.231 e. The van der Waals surface area contributed by atoms with Crippen LogP contribution in [0.25, 0.3) is 5.69 Å². The van der Waals surface area contributed by atoms with Crippen LogP contribution in [-0.4, -0.2) is 38.4 Å². The van der Waals surface area contributed by atoms with Gasteiger partial charge in [0, 0.05) is 0 Å². The van der Waals surface area contributed by atoms with Crippen LogP contribution in [-0.2, 0) is 4.79 Å². The molecule has 0 aliphatic heterocycles. The van der Waals surface area contributed by atoms with Crippen molar-refractivity contribution in [1.29, 1.82) is 0 Å². The van der Waals surface area contributed by atoms with Crippen LogP contribution in [0.15, 0.2) is 23.4 Å². The monoisotopic (exact) mass is 301 g/mol. The highest BCUT2D eigenvalue weighted by Crippen LogP contribution is 2.22. The SMILES string of the molecule is C#CCNC(=O)CSc1nnnn1-c1cccc(C)c1C. The normalized spacial score (nSPS) is 10.1. The Kier molecular flexibility index (Phi) is 4.95. The number of nitrogens with one attached hydrogen (secondary N) is 1. The van der Waals surface area contributed by atoms with Crippen LogP contribution in [0, 0.1) is 26.2 Å². The number of hydrogen-bond donors (Lipinski definition) is 1. The molecule has 0 fully saturated rings. The summed E-state index contributed by atoms with van der Waals surface area (Å²) in [6.07, 6.45) is 5.09. The van der Waals surface area contributed by atoms with Crippen LogP contribution in [0.1, 0.15) is 11.1 Å². The summed E-state index contributed by atoms with van der Waals surface area (Å²) in [5.74, 6) is 2.43. The van der Waals surface area contributed by atoms with E-state index in [4.69, 9.17) is 6.42 Å². The second-order valence-electron chi connectivity index (χ2n) is 4.36. The largest absolute Gasteiger partial charge is 0.344 e. The topological polar surface area (TPSA) is 72.7 Å². The first-order valence-electron chi connectivity index (χ1n) is 6.31. The van der Waals surface area contributed by atoms with Gasteiger partial charge in [0.1, 0.15) is 0 Å². The third-order valence-corrected chi connectivity index (χ3v) is 3.88. The van der Waals surface area contributed by atoms with Crippen molar-refractivity contribution in [3.05, 3.63) is 29.3 Å². The molecule has 0 saturated carbocycles. The minimum absolute atomic E-state index is 0.145. The van der Waals surface area contributed by atoms with Gasteiger partial charge in [-0.05, 0) is 41.5 Å². The van der Waals surface area contributed by atoms with Gasteiger partial charge in [-0.1, -0.05) is 29.8 Å². The maximum Gasteiger partial charge on any atom is 0.231 e. The number of aromatic nitrogens is 4. The van der Waals surface area contributed by atoms with Crippen molar-refractivity contribution in [2.45, 2.75) is 19.0 Å². The number of terminal acetylenes is 1. The zero-order valence-electron chi connectivity index (χ0n) is 11.8. The van der Waals surface area contributed by atoms with Gasteiger partial charge in [0.05, 0.1) is 18.0 Å². The summed E-state index contributed by atoms with van der Waals surface area (Å²) in [6.45, 7) is 4.27. The average Bonchev–Trinajstić information content (AvgIpc) is 2.94. The van der Waals surface area contributed by atoms with Crippen LogP contribution in [0.2, 0.25) is 0 Å². The van der Waals surface area contributed by atoms with Crippen LogP contribution >= 0.6 is 11.8 Å². The van der Waals surface area contributed by atoms with Gasteiger partial charge in [0.15, 0.2) is 0 Å². The first-order chi connectivity index (χ1) is 10.1. The molecule has 2 aromatic rings. The molecule has 0 saturated heterocycles. The molecule has 0 unspecified atom stereocenters. The van der Waals surface area contributed by atoms with Gasteiger partial charge < -0.3 is 5.32 Å². The third kappa shape index (κ3) is 3.61. The van der Waals surface area contributed by atoms with Crippen molar-refractivity contribution >= 4 is 17.7 Å². The highest BCUT2D eigenvalue weighted by atomic mass is 32.2. The molecule has 0 aliphatic rings. The Morgan fingerprint density at radius 1 is 1.48 bits per heavy atom. The van der Waals surface area contributed by atoms with Crippen molar-refractivity contribution in [1.82, 2.24) is 25.5 Å². The molecular formula is C14H15N5OS. The van der Waals surface area contributed by atoms with Crippen molar-refractivity contribution in [3.63, 3.8) is 0 Å². The molecule has 1 heterocycles. The molecule has 0 atom stereocenters. The van der Waals surface area contributed by atoms with E-state index in [9.17, 15) is 4.79 Å². The van der Waals surface area contributed by atoms with E-state index >= 15 is 0 Å². The van der Waals surface area contributed by atoms with E-state index in [1.807, 2.05) is 32.0 Å². The lowest BCUT2D eigenvalue weighted by Crippen LogP contribution is -2.25. The minimum atomic E-state index is -0.145. The predicted molar refractivity (Wildman–Crippen MR) is 81.2 cm³/mol. The molecule has 1 aromatic carbocycles. The Bertz CT molecular complexity index is 689. The molecule has 6 nitrogen and oxygen atoms in total. The molecule has 21 heavy (non-hydrogen) atoms. The van der Waals surface area contributed by atoms with Gasteiger partial charge in [0.25, 0.3) is 0 Å². The zero-order valence-corrected chi connectivity index (χ0v) is 12.6. The standard InChI is InChI=1S/C14H15N5OS/c1-4-8-15-13(20)9-21-14-16-17-18-19(14)12-7-5-6-10(2)11(12)3/h1,5-7H,8-9H2,2-3H3,(H,15,20). The first kappa shape index (κ1) is 15.1. The maximum atomic E-state index is 11.6. The summed E-state index contributed by atoms with van der Waals surface area (Å²) < 4.78 is 1.64. The van der Waals surface area contributed by atoms with Crippen molar-refractivity contribution < 1.29 is 4.79 Å². The number of carbonyl (C=O) groups excluding carboxylic acids is 1. The van der Waals surface area contributed by atoms with Crippen LogP contribution in [0.3, 0.4) is 0 Å². The van der Waals surface area contributed by atoms with E-state index in [0.717, 1.165) is 16.8 Å². The minimum Gasteiger partial charge on any atom is -0.344 e.